The smallest absolute Gasteiger partial charge is 0.226 e. The zero-order chi connectivity index (χ0) is 12.5. The normalized spacial score (nSPS) is 14.8. The maximum Gasteiger partial charge on any atom is 0.226 e. The lowest BCUT2D eigenvalue weighted by Gasteiger charge is -2.07. The van der Waals surface area contributed by atoms with E-state index in [9.17, 15) is 4.79 Å². The number of nitrogens with zero attached hydrogens (tertiary/aromatic N) is 3. The van der Waals surface area contributed by atoms with E-state index < -0.39 is 0 Å². The van der Waals surface area contributed by atoms with Crippen LogP contribution in [0, 0.1) is 0 Å². The van der Waals surface area contributed by atoms with Crippen LogP contribution in [0.5, 0.6) is 0 Å². The molecular formula is C13H15N3O2. The standard InChI is InChI=1S/C13H15N3O2/c1-2-13-14-12(15-18-13)8-16-6-9-4-3-5-11(17)10(9)7-16/h6-7H,2-5,8H2,1H3. The molecule has 1 aliphatic carbocycles. The molecule has 2 aromatic rings. The van der Waals surface area contributed by atoms with Crippen molar-refractivity contribution in [1.29, 1.82) is 0 Å². The molecule has 2 heterocycles. The molecule has 0 fully saturated rings. The lowest BCUT2D eigenvalue weighted by atomic mass is 9.95. The molecule has 0 aromatic carbocycles. The topological polar surface area (TPSA) is 60.9 Å². The molecule has 0 unspecified atom stereocenters. The fraction of sp³-hybridized carbons (Fsp3) is 0.462. The van der Waals surface area contributed by atoms with Gasteiger partial charge in [0.15, 0.2) is 11.6 Å². The second kappa shape index (κ2) is 4.40. The molecule has 0 N–H and O–H groups in total. The van der Waals surface area contributed by atoms with Crippen molar-refractivity contribution in [2.24, 2.45) is 0 Å². The second-order valence-corrected chi connectivity index (χ2v) is 4.60. The maximum absolute atomic E-state index is 11.7. The first-order valence-electron chi connectivity index (χ1n) is 6.29. The Morgan fingerprint density at radius 1 is 1.39 bits per heavy atom. The average molecular weight is 245 g/mol. The molecule has 5 heteroatoms. The van der Waals surface area contributed by atoms with Gasteiger partial charge < -0.3 is 9.09 Å². The number of rotatable bonds is 3. The number of Topliss-reactive ketones (excluding diaryl/α,β-unsaturated/α-hetero) is 1. The van der Waals surface area contributed by atoms with Crippen LogP contribution in [-0.2, 0) is 19.4 Å². The van der Waals surface area contributed by atoms with E-state index >= 15 is 0 Å². The van der Waals surface area contributed by atoms with E-state index in [4.69, 9.17) is 4.52 Å². The lowest BCUT2D eigenvalue weighted by molar-refractivity contribution is 0.0973. The van der Waals surface area contributed by atoms with Crippen molar-refractivity contribution >= 4 is 5.78 Å². The summed E-state index contributed by atoms with van der Waals surface area (Å²) < 4.78 is 7.04. The van der Waals surface area contributed by atoms with Crippen molar-refractivity contribution in [3.63, 3.8) is 0 Å². The van der Waals surface area contributed by atoms with Crippen molar-refractivity contribution in [3.05, 3.63) is 35.2 Å². The minimum atomic E-state index is 0.248. The van der Waals surface area contributed by atoms with E-state index in [-0.39, 0.29) is 5.78 Å². The van der Waals surface area contributed by atoms with E-state index in [1.807, 2.05) is 23.9 Å². The molecule has 3 rings (SSSR count). The van der Waals surface area contributed by atoms with Gasteiger partial charge in [-0.3, -0.25) is 4.79 Å². The Labute approximate surface area is 105 Å². The van der Waals surface area contributed by atoms with E-state index in [0.29, 0.717) is 24.7 Å². The van der Waals surface area contributed by atoms with Crippen LogP contribution in [-0.4, -0.2) is 20.5 Å². The van der Waals surface area contributed by atoms with Crippen LogP contribution in [0.15, 0.2) is 16.9 Å². The maximum atomic E-state index is 11.7. The van der Waals surface area contributed by atoms with Gasteiger partial charge in [-0.25, -0.2) is 0 Å². The molecule has 94 valence electrons. The summed E-state index contributed by atoms with van der Waals surface area (Å²) in [5, 5.41) is 3.92. The van der Waals surface area contributed by atoms with Crippen LogP contribution >= 0.6 is 0 Å². The Balaban J connectivity index is 1.83. The highest BCUT2D eigenvalue weighted by Gasteiger charge is 2.19. The summed E-state index contributed by atoms with van der Waals surface area (Å²) in [4.78, 5) is 16.0. The first kappa shape index (κ1) is 11.2. The van der Waals surface area contributed by atoms with Gasteiger partial charge in [-0.2, -0.15) is 4.98 Å². The molecule has 0 aliphatic heterocycles. The minimum Gasteiger partial charge on any atom is -0.346 e. The van der Waals surface area contributed by atoms with E-state index in [1.54, 1.807) is 0 Å². The highest BCUT2D eigenvalue weighted by Crippen LogP contribution is 2.22. The zero-order valence-corrected chi connectivity index (χ0v) is 10.3. The summed E-state index contributed by atoms with van der Waals surface area (Å²) in [6, 6.07) is 0. The van der Waals surface area contributed by atoms with Crippen LogP contribution in [0.3, 0.4) is 0 Å². The number of fused-ring (bicyclic) bond motifs is 1. The number of hydrogen-bond acceptors (Lipinski definition) is 4. The predicted octanol–water partition coefficient (Wildman–Crippen LogP) is 2.00. The largest absolute Gasteiger partial charge is 0.346 e. The molecular weight excluding hydrogens is 230 g/mol. The molecule has 0 saturated carbocycles. The average Bonchev–Trinajstić information content (AvgIpc) is 2.96. The summed E-state index contributed by atoms with van der Waals surface area (Å²) in [5.41, 5.74) is 2.01. The summed E-state index contributed by atoms with van der Waals surface area (Å²) >= 11 is 0. The Kier molecular flexibility index (Phi) is 2.74. The fourth-order valence-electron chi connectivity index (χ4n) is 2.33. The monoisotopic (exact) mass is 245 g/mol. The van der Waals surface area contributed by atoms with Crippen molar-refractivity contribution in [3.8, 4) is 0 Å². The Morgan fingerprint density at radius 3 is 3.00 bits per heavy atom. The number of ketones is 1. The first-order valence-corrected chi connectivity index (χ1v) is 6.29. The summed E-state index contributed by atoms with van der Waals surface area (Å²) in [7, 11) is 0. The fourth-order valence-corrected chi connectivity index (χ4v) is 2.33. The van der Waals surface area contributed by atoms with Gasteiger partial charge >= 0.3 is 0 Å². The molecule has 0 bridgehead atoms. The van der Waals surface area contributed by atoms with Crippen LogP contribution < -0.4 is 0 Å². The molecule has 2 aromatic heterocycles. The third-order valence-electron chi connectivity index (χ3n) is 3.25. The third kappa shape index (κ3) is 1.96. The van der Waals surface area contributed by atoms with Gasteiger partial charge in [-0.05, 0) is 18.4 Å². The van der Waals surface area contributed by atoms with Gasteiger partial charge in [-0.15, -0.1) is 0 Å². The molecule has 1 aliphatic rings. The quantitative estimate of drug-likeness (QED) is 0.829. The van der Waals surface area contributed by atoms with Crippen LogP contribution in [0.2, 0.25) is 0 Å². The number of hydrogen-bond donors (Lipinski definition) is 0. The van der Waals surface area contributed by atoms with Gasteiger partial charge in [-0.1, -0.05) is 12.1 Å². The lowest BCUT2D eigenvalue weighted by Crippen LogP contribution is -2.07. The molecule has 0 atom stereocenters. The molecule has 18 heavy (non-hydrogen) atoms. The zero-order valence-electron chi connectivity index (χ0n) is 10.3. The first-order chi connectivity index (χ1) is 8.76. The molecule has 0 amide bonds. The minimum absolute atomic E-state index is 0.248. The number of carbonyl (C=O) groups is 1. The van der Waals surface area contributed by atoms with Gasteiger partial charge in [0.2, 0.25) is 5.89 Å². The number of aromatic nitrogens is 3. The van der Waals surface area contributed by atoms with Crippen LogP contribution in [0.4, 0.5) is 0 Å². The van der Waals surface area contributed by atoms with E-state index in [1.165, 1.54) is 0 Å². The molecule has 5 nitrogen and oxygen atoms in total. The van der Waals surface area contributed by atoms with Crippen molar-refractivity contribution in [2.45, 2.75) is 39.2 Å². The van der Waals surface area contributed by atoms with Gasteiger partial charge in [0.05, 0.1) is 6.54 Å². The predicted molar refractivity (Wildman–Crippen MR) is 64.5 cm³/mol. The second-order valence-electron chi connectivity index (χ2n) is 4.60. The van der Waals surface area contributed by atoms with E-state index in [0.717, 1.165) is 30.4 Å². The third-order valence-corrected chi connectivity index (χ3v) is 3.25. The molecule has 0 saturated heterocycles. The van der Waals surface area contributed by atoms with E-state index in [2.05, 4.69) is 10.1 Å². The number of aryl methyl sites for hydroxylation is 2. The summed E-state index contributed by atoms with van der Waals surface area (Å²) in [6.45, 7) is 2.54. The molecule has 0 radical (unpaired) electrons. The summed E-state index contributed by atoms with van der Waals surface area (Å²) in [6.07, 6.45) is 7.28. The Bertz CT molecular complexity index is 583. The number of carbonyl (C=O) groups excluding carboxylic acids is 1. The Hall–Kier alpha value is -1.91. The highest BCUT2D eigenvalue weighted by molar-refractivity contribution is 5.98. The van der Waals surface area contributed by atoms with Crippen molar-refractivity contribution < 1.29 is 9.32 Å². The molecule has 0 spiro atoms. The van der Waals surface area contributed by atoms with Gasteiger partial charge in [0, 0.05) is 30.8 Å². The van der Waals surface area contributed by atoms with Gasteiger partial charge in [0.25, 0.3) is 0 Å². The Morgan fingerprint density at radius 2 is 2.28 bits per heavy atom. The SMILES string of the molecule is CCc1nc(Cn2cc3c(c2)C(=O)CCC3)no1. The van der Waals surface area contributed by atoms with Gasteiger partial charge in [0.1, 0.15) is 0 Å². The van der Waals surface area contributed by atoms with Crippen LogP contribution in [0.1, 0.15) is 47.4 Å². The van der Waals surface area contributed by atoms with Crippen LogP contribution in [0.25, 0.3) is 0 Å². The van der Waals surface area contributed by atoms with Crippen molar-refractivity contribution in [2.75, 3.05) is 0 Å². The highest BCUT2D eigenvalue weighted by atomic mass is 16.5. The van der Waals surface area contributed by atoms with Crippen molar-refractivity contribution in [1.82, 2.24) is 14.7 Å². The summed E-state index contributed by atoms with van der Waals surface area (Å²) in [5.74, 6) is 1.56.